The van der Waals surface area contributed by atoms with Gasteiger partial charge in [0.15, 0.2) is 0 Å². The number of esters is 1. The van der Waals surface area contributed by atoms with Crippen LogP contribution in [0.5, 0.6) is 0 Å². The molecule has 2 heterocycles. The molecule has 128 valence electrons. The molecule has 0 N–H and O–H groups in total. The average molecular weight is 330 g/mol. The zero-order valence-corrected chi connectivity index (χ0v) is 13.9. The van der Waals surface area contributed by atoms with E-state index in [-0.39, 0.29) is 30.6 Å². The van der Waals surface area contributed by atoms with E-state index in [1.54, 1.807) is 6.07 Å². The van der Waals surface area contributed by atoms with Crippen molar-refractivity contribution < 1.29 is 14.3 Å². The smallest absolute Gasteiger partial charge is 0.307 e. The van der Waals surface area contributed by atoms with Crippen LogP contribution in [0.4, 0.5) is 0 Å². The standard InChI is InChI=1S/C18H22N2O4/c1-13-5-4-7-15-17(13)19-12-20(18(15)22)9-8-16(21)24-11-14-6-2-3-10-23-14/h4-5,7,12,14H,2-3,6,8-11H2,1H3. The second-order valence-corrected chi connectivity index (χ2v) is 6.14. The van der Waals surface area contributed by atoms with Crippen molar-refractivity contribution in [2.24, 2.45) is 0 Å². The molecule has 6 nitrogen and oxygen atoms in total. The van der Waals surface area contributed by atoms with Gasteiger partial charge in [-0.2, -0.15) is 0 Å². The SMILES string of the molecule is Cc1cccc2c(=O)n(CCC(=O)OCC3CCCCO3)cnc12. The van der Waals surface area contributed by atoms with Gasteiger partial charge in [0, 0.05) is 13.2 Å². The highest BCUT2D eigenvalue weighted by molar-refractivity contribution is 5.80. The highest BCUT2D eigenvalue weighted by Gasteiger charge is 2.16. The molecule has 1 unspecified atom stereocenters. The number of aryl methyl sites for hydroxylation is 2. The van der Waals surface area contributed by atoms with Crippen molar-refractivity contribution in [3.05, 3.63) is 40.4 Å². The molecule has 1 aliphatic heterocycles. The van der Waals surface area contributed by atoms with Crippen LogP contribution in [0.3, 0.4) is 0 Å². The van der Waals surface area contributed by atoms with Crippen molar-refractivity contribution in [1.29, 1.82) is 0 Å². The number of aromatic nitrogens is 2. The first-order valence-corrected chi connectivity index (χ1v) is 8.37. The van der Waals surface area contributed by atoms with E-state index in [4.69, 9.17) is 9.47 Å². The fourth-order valence-corrected chi connectivity index (χ4v) is 2.91. The maximum absolute atomic E-state index is 12.4. The molecule has 1 saturated heterocycles. The summed E-state index contributed by atoms with van der Waals surface area (Å²) in [6, 6.07) is 5.51. The van der Waals surface area contributed by atoms with Gasteiger partial charge in [-0.1, -0.05) is 12.1 Å². The van der Waals surface area contributed by atoms with Crippen LogP contribution in [0.2, 0.25) is 0 Å². The normalized spacial score (nSPS) is 17.8. The van der Waals surface area contributed by atoms with Gasteiger partial charge in [-0.15, -0.1) is 0 Å². The Labute approximate surface area is 140 Å². The van der Waals surface area contributed by atoms with E-state index in [2.05, 4.69) is 4.98 Å². The van der Waals surface area contributed by atoms with Crippen LogP contribution in [-0.2, 0) is 20.8 Å². The van der Waals surface area contributed by atoms with Gasteiger partial charge in [-0.25, -0.2) is 4.98 Å². The van der Waals surface area contributed by atoms with E-state index in [1.807, 2.05) is 19.1 Å². The molecule has 0 saturated carbocycles. The van der Waals surface area contributed by atoms with Gasteiger partial charge >= 0.3 is 5.97 Å². The van der Waals surface area contributed by atoms with Crippen LogP contribution in [0.1, 0.15) is 31.2 Å². The number of hydrogen-bond donors (Lipinski definition) is 0. The number of nitrogens with zero attached hydrogens (tertiary/aromatic N) is 2. The third-order valence-corrected chi connectivity index (χ3v) is 4.32. The van der Waals surface area contributed by atoms with E-state index < -0.39 is 0 Å². The van der Waals surface area contributed by atoms with Crippen molar-refractivity contribution >= 4 is 16.9 Å². The molecule has 1 atom stereocenters. The lowest BCUT2D eigenvalue weighted by atomic mass is 10.1. The third kappa shape index (κ3) is 3.82. The summed E-state index contributed by atoms with van der Waals surface area (Å²) < 4.78 is 12.2. The van der Waals surface area contributed by atoms with Gasteiger partial charge in [0.05, 0.1) is 29.8 Å². The molecule has 1 fully saturated rings. The van der Waals surface area contributed by atoms with Crippen LogP contribution in [0.25, 0.3) is 10.9 Å². The Morgan fingerprint density at radius 3 is 3.08 bits per heavy atom. The predicted octanol–water partition coefficient (Wildman–Crippen LogP) is 2.21. The van der Waals surface area contributed by atoms with Gasteiger partial charge in [-0.3, -0.25) is 14.2 Å². The molecule has 6 heteroatoms. The van der Waals surface area contributed by atoms with Crippen LogP contribution in [-0.4, -0.2) is 34.8 Å². The summed E-state index contributed by atoms with van der Waals surface area (Å²) in [5, 5.41) is 0.571. The van der Waals surface area contributed by atoms with Crippen molar-refractivity contribution in [3.8, 4) is 0 Å². The molecular formula is C18H22N2O4. The van der Waals surface area contributed by atoms with Crippen LogP contribution in [0.15, 0.2) is 29.3 Å². The van der Waals surface area contributed by atoms with E-state index in [9.17, 15) is 9.59 Å². The minimum Gasteiger partial charge on any atom is -0.463 e. The largest absolute Gasteiger partial charge is 0.463 e. The van der Waals surface area contributed by atoms with Crippen molar-refractivity contribution in [2.75, 3.05) is 13.2 Å². The Kier molecular flexibility index (Phi) is 5.25. The minimum atomic E-state index is -0.319. The fourth-order valence-electron chi connectivity index (χ4n) is 2.91. The van der Waals surface area contributed by atoms with Crippen molar-refractivity contribution in [1.82, 2.24) is 9.55 Å². The summed E-state index contributed by atoms with van der Waals surface area (Å²) in [6.07, 6.45) is 4.76. The Bertz CT molecular complexity index is 778. The van der Waals surface area contributed by atoms with Crippen molar-refractivity contribution in [2.45, 2.75) is 45.3 Å². The van der Waals surface area contributed by atoms with E-state index in [1.165, 1.54) is 10.9 Å². The molecule has 0 spiro atoms. The molecule has 1 aromatic heterocycles. The lowest BCUT2D eigenvalue weighted by Gasteiger charge is -2.22. The summed E-state index contributed by atoms with van der Waals surface area (Å²) in [5.41, 5.74) is 1.53. The second-order valence-electron chi connectivity index (χ2n) is 6.14. The first-order valence-electron chi connectivity index (χ1n) is 8.37. The Hall–Kier alpha value is -2.21. The molecule has 1 aliphatic rings. The maximum Gasteiger partial charge on any atom is 0.307 e. The first-order chi connectivity index (χ1) is 11.6. The quantitative estimate of drug-likeness (QED) is 0.786. The lowest BCUT2D eigenvalue weighted by molar-refractivity contribution is -0.149. The summed E-state index contributed by atoms with van der Waals surface area (Å²) in [4.78, 5) is 28.7. The van der Waals surface area contributed by atoms with Crippen LogP contribution in [0, 0.1) is 6.92 Å². The molecule has 1 aromatic carbocycles. The van der Waals surface area contributed by atoms with E-state index >= 15 is 0 Å². The molecular weight excluding hydrogens is 308 g/mol. The first kappa shape index (κ1) is 16.6. The topological polar surface area (TPSA) is 70.4 Å². The van der Waals surface area contributed by atoms with Gasteiger partial charge in [-0.05, 0) is 37.8 Å². The van der Waals surface area contributed by atoms with Crippen LogP contribution < -0.4 is 5.56 Å². The average Bonchev–Trinajstić information content (AvgIpc) is 2.61. The molecule has 0 aliphatic carbocycles. The molecule has 0 amide bonds. The second kappa shape index (κ2) is 7.57. The number of fused-ring (bicyclic) bond motifs is 1. The summed E-state index contributed by atoms with van der Waals surface area (Å²) in [5.74, 6) is -0.319. The Balaban J connectivity index is 1.58. The monoisotopic (exact) mass is 330 g/mol. The summed E-state index contributed by atoms with van der Waals surface area (Å²) >= 11 is 0. The Morgan fingerprint density at radius 2 is 2.29 bits per heavy atom. The van der Waals surface area contributed by atoms with E-state index in [0.717, 1.165) is 31.4 Å². The zero-order valence-electron chi connectivity index (χ0n) is 13.9. The maximum atomic E-state index is 12.4. The number of carbonyl (C=O) groups excluding carboxylic acids is 1. The summed E-state index contributed by atoms with van der Waals surface area (Å²) in [6.45, 7) is 3.21. The third-order valence-electron chi connectivity index (χ3n) is 4.32. The molecule has 24 heavy (non-hydrogen) atoms. The highest BCUT2D eigenvalue weighted by atomic mass is 16.6. The number of hydrogen-bond acceptors (Lipinski definition) is 5. The van der Waals surface area contributed by atoms with Gasteiger partial charge in [0.1, 0.15) is 6.61 Å². The molecule has 0 radical (unpaired) electrons. The minimum absolute atomic E-state index is 0.00994. The van der Waals surface area contributed by atoms with Crippen molar-refractivity contribution in [3.63, 3.8) is 0 Å². The Morgan fingerprint density at radius 1 is 1.42 bits per heavy atom. The van der Waals surface area contributed by atoms with E-state index in [0.29, 0.717) is 17.5 Å². The molecule has 0 bridgehead atoms. The number of carbonyl (C=O) groups is 1. The fraction of sp³-hybridized carbons (Fsp3) is 0.500. The predicted molar refractivity (Wildman–Crippen MR) is 89.9 cm³/mol. The van der Waals surface area contributed by atoms with Gasteiger partial charge in [0.25, 0.3) is 5.56 Å². The number of rotatable bonds is 5. The zero-order chi connectivity index (χ0) is 16.9. The highest BCUT2D eigenvalue weighted by Crippen LogP contribution is 2.13. The van der Waals surface area contributed by atoms with Crippen LogP contribution >= 0.6 is 0 Å². The lowest BCUT2D eigenvalue weighted by Crippen LogP contribution is -2.27. The summed E-state index contributed by atoms with van der Waals surface area (Å²) in [7, 11) is 0. The van der Waals surface area contributed by atoms with Gasteiger partial charge < -0.3 is 9.47 Å². The number of benzene rings is 1. The number of para-hydroxylation sites is 1. The molecule has 2 aromatic rings. The molecule has 3 rings (SSSR count). The number of ether oxygens (including phenoxy) is 2. The van der Waals surface area contributed by atoms with Gasteiger partial charge in [0.2, 0.25) is 0 Å².